The number of allylic oxidation sites excluding steroid dienone is 2. The smallest absolute Gasteiger partial charge is 0.167 e. The lowest BCUT2D eigenvalue weighted by Gasteiger charge is -2.37. The van der Waals surface area contributed by atoms with E-state index < -0.39 is 0 Å². The molecule has 0 aromatic heterocycles. The van der Waals surface area contributed by atoms with Crippen LogP contribution < -0.4 is 0 Å². The summed E-state index contributed by atoms with van der Waals surface area (Å²) >= 11 is 0. The Morgan fingerprint density at radius 1 is 0.818 bits per heavy atom. The van der Waals surface area contributed by atoms with Crippen molar-refractivity contribution < 1.29 is 9.59 Å². The van der Waals surface area contributed by atoms with E-state index in [4.69, 9.17) is 0 Å². The summed E-state index contributed by atoms with van der Waals surface area (Å²) in [5.41, 5.74) is 4.18. The molecule has 1 aromatic rings. The minimum Gasteiger partial charge on any atom is -0.294 e. The van der Waals surface area contributed by atoms with E-state index in [1.54, 1.807) is 0 Å². The second-order valence-electron chi connectivity index (χ2n) is 6.60. The monoisotopic (exact) mass is 296 g/mol. The summed E-state index contributed by atoms with van der Waals surface area (Å²) in [6.07, 6.45) is 5.96. The van der Waals surface area contributed by atoms with Crippen LogP contribution in [0.3, 0.4) is 0 Å². The maximum atomic E-state index is 12.8. The number of ketones is 2. The van der Waals surface area contributed by atoms with Gasteiger partial charge in [-0.15, -0.1) is 0 Å². The quantitative estimate of drug-likeness (QED) is 0.734. The highest BCUT2D eigenvalue weighted by Crippen LogP contribution is 2.44. The fourth-order valence-corrected chi connectivity index (χ4v) is 4.13. The van der Waals surface area contributed by atoms with Gasteiger partial charge in [-0.2, -0.15) is 0 Å². The van der Waals surface area contributed by atoms with Crippen molar-refractivity contribution >= 4 is 11.6 Å². The van der Waals surface area contributed by atoms with Crippen LogP contribution in [0, 0.1) is 11.8 Å². The molecule has 0 radical (unpaired) electrons. The molecule has 0 amide bonds. The second-order valence-corrected chi connectivity index (χ2v) is 6.60. The highest BCUT2D eigenvalue weighted by atomic mass is 16.1. The van der Waals surface area contributed by atoms with Crippen molar-refractivity contribution in [3.05, 3.63) is 46.5 Å². The summed E-state index contributed by atoms with van der Waals surface area (Å²) in [5, 5.41) is 0. The maximum absolute atomic E-state index is 12.8. The van der Waals surface area contributed by atoms with Crippen molar-refractivity contribution in [1.29, 1.82) is 0 Å². The molecule has 0 bridgehead atoms. The van der Waals surface area contributed by atoms with Crippen LogP contribution in [0.2, 0.25) is 0 Å². The molecule has 1 aromatic carbocycles. The standard InChI is InChI=1S/C20H24O2/c1-3-7-13-11-17-18(12-14(13)8-4-2)20(22)16-10-6-5-9-15(16)19(17)21/h5-6,9-10,17-18H,3-4,7-8,11-12H2,1-2H3. The van der Waals surface area contributed by atoms with E-state index in [-0.39, 0.29) is 23.4 Å². The molecule has 116 valence electrons. The van der Waals surface area contributed by atoms with Crippen LogP contribution in [0.25, 0.3) is 0 Å². The highest BCUT2D eigenvalue weighted by Gasteiger charge is 2.43. The summed E-state index contributed by atoms with van der Waals surface area (Å²) in [5.74, 6) is 0.128. The van der Waals surface area contributed by atoms with Gasteiger partial charge in [-0.1, -0.05) is 62.1 Å². The third kappa shape index (κ3) is 2.45. The largest absolute Gasteiger partial charge is 0.294 e. The third-order valence-electron chi connectivity index (χ3n) is 5.15. The number of carbonyl (C=O) groups excluding carboxylic acids is 2. The number of hydrogen-bond donors (Lipinski definition) is 0. The SMILES string of the molecule is CCCC1=C(CCC)CC2C(=O)c3ccccc3C(=O)C2C1. The lowest BCUT2D eigenvalue weighted by Crippen LogP contribution is -2.39. The molecule has 2 aliphatic rings. The second kappa shape index (κ2) is 6.20. The Hall–Kier alpha value is -1.70. The Labute approximate surface area is 132 Å². The third-order valence-corrected chi connectivity index (χ3v) is 5.15. The van der Waals surface area contributed by atoms with Gasteiger partial charge in [0.15, 0.2) is 11.6 Å². The van der Waals surface area contributed by atoms with Crippen LogP contribution in [0.15, 0.2) is 35.4 Å². The van der Waals surface area contributed by atoms with Crippen molar-refractivity contribution in [3.63, 3.8) is 0 Å². The predicted octanol–water partition coefficient (Wildman–Crippen LogP) is 4.99. The molecule has 0 heterocycles. The van der Waals surface area contributed by atoms with Crippen LogP contribution in [0.5, 0.6) is 0 Å². The average Bonchev–Trinajstić information content (AvgIpc) is 2.54. The van der Waals surface area contributed by atoms with Gasteiger partial charge in [-0.3, -0.25) is 9.59 Å². The summed E-state index contributed by atoms with van der Waals surface area (Å²) in [6.45, 7) is 4.37. The van der Waals surface area contributed by atoms with Gasteiger partial charge >= 0.3 is 0 Å². The van der Waals surface area contributed by atoms with Crippen molar-refractivity contribution in [1.82, 2.24) is 0 Å². The number of carbonyl (C=O) groups is 2. The van der Waals surface area contributed by atoms with Crippen LogP contribution in [0.1, 0.15) is 73.1 Å². The Morgan fingerprint density at radius 2 is 1.23 bits per heavy atom. The molecule has 2 aliphatic carbocycles. The highest BCUT2D eigenvalue weighted by molar-refractivity contribution is 6.16. The van der Waals surface area contributed by atoms with Crippen LogP contribution >= 0.6 is 0 Å². The van der Waals surface area contributed by atoms with Crippen molar-refractivity contribution in [2.24, 2.45) is 11.8 Å². The van der Waals surface area contributed by atoms with Crippen LogP contribution in [-0.2, 0) is 0 Å². The average molecular weight is 296 g/mol. The molecule has 2 heteroatoms. The molecule has 22 heavy (non-hydrogen) atoms. The molecular formula is C20H24O2. The molecule has 0 fully saturated rings. The molecule has 0 N–H and O–H groups in total. The van der Waals surface area contributed by atoms with Gasteiger partial charge in [-0.25, -0.2) is 0 Å². The molecular weight excluding hydrogens is 272 g/mol. The molecule has 0 spiro atoms. The van der Waals surface area contributed by atoms with Gasteiger partial charge in [0.1, 0.15) is 0 Å². The Bertz CT molecular complexity index is 584. The van der Waals surface area contributed by atoms with E-state index in [1.807, 2.05) is 24.3 Å². The fourth-order valence-electron chi connectivity index (χ4n) is 4.13. The molecule has 2 nitrogen and oxygen atoms in total. The Balaban J connectivity index is 1.99. The predicted molar refractivity (Wildman–Crippen MR) is 88.2 cm³/mol. The fraction of sp³-hybridized carbons (Fsp3) is 0.500. The first-order chi connectivity index (χ1) is 10.7. The summed E-state index contributed by atoms with van der Waals surface area (Å²) in [6, 6.07) is 7.35. The molecule has 0 aliphatic heterocycles. The van der Waals surface area contributed by atoms with Crippen molar-refractivity contribution in [3.8, 4) is 0 Å². The van der Waals surface area contributed by atoms with Gasteiger partial charge in [0, 0.05) is 23.0 Å². The number of rotatable bonds is 4. The first-order valence-corrected chi connectivity index (χ1v) is 8.54. The molecule has 0 saturated carbocycles. The minimum atomic E-state index is -0.121. The maximum Gasteiger partial charge on any atom is 0.167 e. The topological polar surface area (TPSA) is 34.1 Å². The minimum absolute atomic E-state index is 0.121. The van der Waals surface area contributed by atoms with E-state index in [0.717, 1.165) is 38.5 Å². The molecule has 3 rings (SSSR count). The zero-order valence-corrected chi connectivity index (χ0v) is 13.5. The molecule has 2 unspecified atom stereocenters. The van der Waals surface area contributed by atoms with E-state index >= 15 is 0 Å². The van der Waals surface area contributed by atoms with Crippen molar-refractivity contribution in [2.45, 2.75) is 52.4 Å². The normalized spacial score (nSPS) is 24.3. The number of hydrogen-bond acceptors (Lipinski definition) is 2. The van der Waals surface area contributed by atoms with Gasteiger partial charge in [0.2, 0.25) is 0 Å². The van der Waals surface area contributed by atoms with Gasteiger partial charge in [-0.05, 0) is 25.7 Å². The van der Waals surface area contributed by atoms with Crippen LogP contribution in [-0.4, -0.2) is 11.6 Å². The first kappa shape index (κ1) is 15.2. The zero-order valence-electron chi connectivity index (χ0n) is 13.5. The summed E-state index contributed by atoms with van der Waals surface area (Å²) in [7, 11) is 0. The summed E-state index contributed by atoms with van der Waals surface area (Å²) in [4.78, 5) is 25.7. The summed E-state index contributed by atoms with van der Waals surface area (Å²) < 4.78 is 0. The van der Waals surface area contributed by atoms with Crippen LogP contribution in [0.4, 0.5) is 0 Å². The number of fused-ring (bicyclic) bond motifs is 2. The number of benzene rings is 1. The van der Waals surface area contributed by atoms with Gasteiger partial charge in [0.25, 0.3) is 0 Å². The lowest BCUT2D eigenvalue weighted by atomic mass is 9.65. The Morgan fingerprint density at radius 3 is 1.59 bits per heavy atom. The number of Topliss-reactive ketones (excluding diaryl/α,β-unsaturated/α-hetero) is 2. The van der Waals surface area contributed by atoms with E-state index in [1.165, 1.54) is 11.1 Å². The van der Waals surface area contributed by atoms with Crippen molar-refractivity contribution in [2.75, 3.05) is 0 Å². The Kier molecular flexibility index (Phi) is 4.28. The molecule has 2 atom stereocenters. The lowest BCUT2D eigenvalue weighted by molar-refractivity contribution is 0.0718. The zero-order chi connectivity index (χ0) is 15.7. The van der Waals surface area contributed by atoms with E-state index in [9.17, 15) is 9.59 Å². The van der Waals surface area contributed by atoms with E-state index in [2.05, 4.69) is 13.8 Å². The van der Waals surface area contributed by atoms with E-state index in [0.29, 0.717) is 11.1 Å². The van der Waals surface area contributed by atoms with Gasteiger partial charge in [0.05, 0.1) is 0 Å². The van der Waals surface area contributed by atoms with Gasteiger partial charge < -0.3 is 0 Å². The molecule has 0 saturated heterocycles. The first-order valence-electron chi connectivity index (χ1n) is 8.54.